The lowest BCUT2D eigenvalue weighted by atomic mass is 9.75. The van der Waals surface area contributed by atoms with Crippen molar-refractivity contribution >= 4 is 5.69 Å². The molecule has 0 saturated heterocycles. The van der Waals surface area contributed by atoms with Crippen molar-refractivity contribution in [3.05, 3.63) is 95.6 Å². The van der Waals surface area contributed by atoms with Crippen molar-refractivity contribution in [2.24, 2.45) is 0 Å². The number of hydrogen-bond acceptors (Lipinski definition) is 3. The Morgan fingerprint density at radius 2 is 1.19 bits per heavy atom. The zero-order valence-electron chi connectivity index (χ0n) is 16.8. The van der Waals surface area contributed by atoms with Crippen LogP contribution in [-0.2, 0) is 5.54 Å². The largest absolute Gasteiger partial charge is 0.494 e. The number of rotatable bonds is 6. The zero-order valence-corrected chi connectivity index (χ0v) is 16.8. The molecule has 0 N–H and O–H groups in total. The molecule has 0 aliphatic carbocycles. The molecule has 3 rings (SSSR count). The first-order valence-electron chi connectivity index (χ1n) is 9.16. The van der Waals surface area contributed by atoms with Crippen molar-refractivity contribution in [3.8, 4) is 5.75 Å². The summed E-state index contributed by atoms with van der Waals surface area (Å²) in [4.78, 5) is 4.37. The van der Waals surface area contributed by atoms with E-state index in [-0.39, 0.29) is 0 Å². The number of para-hydroxylation sites is 1. The van der Waals surface area contributed by atoms with Gasteiger partial charge in [-0.15, -0.1) is 0 Å². The van der Waals surface area contributed by atoms with Crippen LogP contribution in [-0.4, -0.2) is 40.2 Å². The summed E-state index contributed by atoms with van der Waals surface area (Å²) >= 11 is 0. The average molecular weight is 361 g/mol. The zero-order chi connectivity index (χ0) is 19.4. The minimum Gasteiger partial charge on any atom is -0.494 e. The van der Waals surface area contributed by atoms with Gasteiger partial charge in [-0.05, 0) is 31.3 Å². The maximum Gasteiger partial charge on any atom is 0.147 e. The van der Waals surface area contributed by atoms with Gasteiger partial charge in [0.05, 0.1) is 12.8 Å². The van der Waals surface area contributed by atoms with Crippen LogP contribution in [0.4, 0.5) is 5.69 Å². The second-order valence-electron chi connectivity index (χ2n) is 7.09. The van der Waals surface area contributed by atoms with Crippen LogP contribution in [0.2, 0.25) is 0 Å². The van der Waals surface area contributed by atoms with Crippen molar-refractivity contribution in [3.63, 3.8) is 0 Å². The van der Waals surface area contributed by atoms with Crippen LogP contribution in [0.15, 0.2) is 78.9 Å². The standard InChI is InChI=1S/C24H28N2O/c1-25(2)22-18-12-17-21(23(22)27-5)24(26(3)4,19-13-8-6-9-14-19)20-15-10-7-11-16-20/h6-18H,1-5H3. The van der Waals surface area contributed by atoms with Crippen LogP contribution in [0.1, 0.15) is 16.7 Å². The van der Waals surface area contributed by atoms with Crippen molar-refractivity contribution in [1.82, 2.24) is 4.90 Å². The van der Waals surface area contributed by atoms with Crippen LogP contribution in [0.25, 0.3) is 0 Å². The maximum absolute atomic E-state index is 5.97. The van der Waals surface area contributed by atoms with Crippen LogP contribution in [0, 0.1) is 0 Å². The van der Waals surface area contributed by atoms with Crippen LogP contribution in [0.3, 0.4) is 0 Å². The summed E-state index contributed by atoms with van der Waals surface area (Å²) in [6, 6.07) is 27.6. The Morgan fingerprint density at radius 3 is 1.59 bits per heavy atom. The molecular formula is C24H28N2O. The predicted octanol–water partition coefficient (Wildman–Crippen LogP) is 4.61. The van der Waals surface area contributed by atoms with E-state index in [0.717, 1.165) is 17.0 Å². The van der Waals surface area contributed by atoms with Crippen molar-refractivity contribution in [1.29, 1.82) is 0 Å². The van der Waals surface area contributed by atoms with Gasteiger partial charge in [0.25, 0.3) is 0 Å². The van der Waals surface area contributed by atoms with Crippen molar-refractivity contribution in [2.45, 2.75) is 5.54 Å². The second-order valence-corrected chi connectivity index (χ2v) is 7.09. The van der Waals surface area contributed by atoms with Gasteiger partial charge in [-0.25, -0.2) is 0 Å². The third-order valence-corrected chi connectivity index (χ3v) is 5.12. The van der Waals surface area contributed by atoms with Gasteiger partial charge in [0.15, 0.2) is 0 Å². The first-order chi connectivity index (χ1) is 13.0. The van der Waals surface area contributed by atoms with Gasteiger partial charge in [-0.1, -0.05) is 72.8 Å². The molecule has 0 saturated carbocycles. The van der Waals surface area contributed by atoms with Crippen LogP contribution >= 0.6 is 0 Å². The highest BCUT2D eigenvalue weighted by atomic mass is 16.5. The quantitative estimate of drug-likeness (QED) is 0.597. The fourth-order valence-corrected chi connectivity index (χ4v) is 3.97. The normalized spacial score (nSPS) is 11.5. The molecule has 27 heavy (non-hydrogen) atoms. The summed E-state index contributed by atoms with van der Waals surface area (Å²) in [6.45, 7) is 0. The number of hydrogen-bond donors (Lipinski definition) is 0. The van der Waals surface area contributed by atoms with Gasteiger partial charge in [0, 0.05) is 19.7 Å². The van der Waals surface area contributed by atoms with Crippen molar-refractivity contribution < 1.29 is 4.74 Å². The van der Waals surface area contributed by atoms with E-state index < -0.39 is 5.54 Å². The first kappa shape index (κ1) is 19.0. The lowest BCUT2D eigenvalue weighted by Gasteiger charge is -2.43. The van der Waals surface area contributed by atoms with E-state index in [0.29, 0.717) is 0 Å². The molecule has 0 radical (unpaired) electrons. The molecule has 3 aromatic carbocycles. The smallest absolute Gasteiger partial charge is 0.147 e. The molecule has 0 atom stereocenters. The predicted molar refractivity (Wildman–Crippen MR) is 114 cm³/mol. The molecule has 0 heterocycles. The van der Waals surface area contributed by atoms with Gasteiger partial charge in [-0.3, -0.25) is 4.90 Å². The fourth-order valence-electron chi connectivity index (χ4n) is 3.97. The average Bonchev–Trinajstić information content (AvgIpc) is 2.69. The Morgan fingerprint density at radius 1 is 0.667 bits per heavy atom. The summed E-state index contributed by atoms with van der Waals surface area (Å²) < 4.78 is 5.97. The molecule has 3 nitrogen and oxygen atoms in total. The van der Waals surface area contributed by atoms with E-state index in [1.807, 2.05) is 14.1 Å². The summed E-state index contributed by atoms with van der Waals surface area (Å²) in [5, 5.41) is 0. The van der Waals surface area contributed by atoms with E-state index in [9.17, 15) is 0 Å². The number of ether oxygens (including phenoxy) is 1. The Balaban J connectivity index is 2.44. The highest BCUT2D eigenvalue weighted by Gasteiger charge is 2.41. The minimum atomic E-state index is -0.472. The van der Waals surface area contributed by atoms with Gasteiger partial charge in [-0.2, -0.15) is 0 Å². The second kappa shape index (κ2) is 7.85. The molecule has 0 amide bonds. The Labute approximate surface area is 162 Å². The summed E-state index contributed by atoms with van der Waals surface area (Å²) in [7, 11) is 10.1. The van der Waals surface area contributed by atoms with Crippen molar-refractivity contribution in [2.75, 3.05) is 40.2 Å². The number of methoxy groups -OCH3 is 1. The van der Waals surface area contributed by atoms with E-state index in [1.165, 1.54) is 11.1 Å². The molecule has 0 bridgehead atoms. The molecule has 0 fully saturated rings. The Kier molecular flexibility index (Phi) is 5.52. The molecule has 0 spiro atoms. The third-order valence-electron chi connectivity index (χ3n) is 5.12. The lowest BCUT2D eigenvalue weighted by molar-refractivity contribution is 0.239. The molecule has 0 aliphatic heterocycles. The summed E-state index contributed by atoms with van der Waals surface area (Å²) in [5.41, 5.74) is 4.12. The number of nitrogens with zero attached hydrogens (tertiary/aromatic N) is 2. The summed E-state index contributed by atoms with van der Waals surface area (Å²) in [5.74, 6) is 0.893. The Hall–Kier alpha value is -2.78. The highest BCUT2D eigenvalue weighted by Crippen LogP contribution is 2.47. The van der Waals surface area contributed by atoms with E-state index in [2.05, 4.69) is 103 Å². The number of benzene rings is 3. The molecular weight excluding hydrogens is 332 g/mol. The third kappa shape index (κ3) is 3.19. The van der Waals surface area contributed by atoms with Crippen LogP contribution < -0.4 is 9.64 Å². The van der Waals surface area contributed by atoms with E-state index in [1.54, 1.807) is 7.11 Å². The molecule has 0 aromatic heterocycles. The van der Waals surface area contributed by atoms with E-state index in [4.69, 9.17) is 4.74 Å². The fraction of sp³-hybridized carbons (Fsp3) is 0.250. The van der Waals surface area contributed by atoms with Crippen LogP contribution in [0.5, 0.6) is 5.75 Å². The van der Waals surface area contributed by atoms with Gasteiger partial charge in [0.2, 0.25) is 0 Å². The minimum absolute atomic E-state index is 0.472. The Bertz CT molecular complexity index is 834. The van der Waals surface area contributed by atoms with Gasteiger partial charge in [0.1, 0.15) is 11.3 Å². The SMILES string of the molecule is COc1c(N(C)C)cccc1C(c1ccccc1)(c1ccccc1)N(C)C. The molecule has 140 valence electrons. The van der Waals surface area contributed by atoms with Gasteiger partial charge >= 0.3 is 0 Å². The topological polar surface area (TPSA) is 15.7 Å². The van der Waals surface area contributed by atoms with E-state index >= 15 is 0 Å². The monoisotopic (exact) mass is 360 g/mol. The lowest BCUT2D eigenvalue weighted by Crippen LogP contribution is -2.44. The first-order valence-corrected chi connectivity index (χ1v) is 9.16. The molecule has 0 unspecified atom stereocenters. The highest BCUT2D eigenvalue weighted by molar-refractivity contribution is 5.66. The molecule has 3 heteroatoms. The number of anilines is 1. The van der Waals surface area contributed by atoms with Gasteiger partial charge < -0.3 is 9.64 Å². The maximum atomic E-state index is 5.97. The molecule has 3 aromatic rings. The molecule has 0 aliphatic rings. The summed E-state index contributed by atoms with van der Waals surface area (Å²) in [6.07, 6.45) is 0.